The smallest absolute Gasteiger partial charge is 0.304 e. The summed E-state index contributed by atoms with van der Waals surface area (Å²) in [5, 5.41) is 21.4. The number of hydrogen-bond acceptors (Lipinski definition) is 3. The van der Waals surface area contributed by atoms with Crippen LogP contribution in [-0.4, -0.2) is 22.2 Å². The number of benzene rings is 1. The van der Waals surface area contributed by atoms with Crippen LogP contribution in [0.3, 0.4) is 0 Å². The SMILES string of the molecule is O=C(O)CC1CCCC(c2ccc(O)cc2)N1. The average molecular weight is 235 g/mol. The normalized spacial score (nSPS) is 24.5. The molecule has 0 aliphatic carbocycles. The number of nitrogens with one attached hydrogen (secondary N) is 1. The van der Waals surface area contributed by atoms with E-state index >= 15 is 0 Å². The summed E-state index contributed by atoms with van der Waals surface area (Å²) in [5.74, 6) is -0.500. The van der Waals surface area contributed by atoms with Gasteiger partial charge in [-0.25, -0.2) is 0 Å². The Kier molecular flexibility index (Phi) is 3.64. The van der Waals surface area contributed by atoms with Gasteiger partial charge in [0, 0.05) is 12.1 Å². The summed E-state index contributed by atoms with van der Waals surface area (Å²) in [7, 11) is 0. The number of carbonyl (C=O) groups is 1. The molecule has 4 nitrogen and oxygen atoms in total. The first kappa shape index (κ1) is 11.9. The lowest BCUT2D eigenvalue weighted by molar-refractivity contribution is -0.137. The van der Waals surface area contributed by atoms with Gasteiger partial charge in [0.1, 0.15) is 5.75 Å². The van der Waals surface area contributed by atoms with Gasteiger partial charge >= 0.3 is 5.97 Å². The van der Waals surface area contributed by atoms with Crippen LogP contribution in [-0.2, 0) is 4.79 Å². The zero-order valence-electron chi connectivity index (χ0n) is 9.60. The van der Waals surface area contributed by atoms with E-state index in [2.05, 4.69) is 5.32 Å². The maximum absolute atomic E-state index is 10.7. The monoisotopic (exact) mass is 235 g/mol. The summed E-state index contributed by atoms with van der Waals surface area (Å²) in [5.41, 5.74) is 1.11. The van der Waals surface area contributed by atoms with Crippen molar-refractivity contribution in [2.45, 2.75) is 37.8 Å². The Bertz CT molecular complexity index is 388. The van der Waals surface area contributed by atoms with Gasteiger partial charge < -0.3 is 15.5 Å². The number of carboxylic acid groups (broad SMARTS) is 1. The average Bonchev–Trinajstić information content (AvgIpc) is 2.29. The summed E-state index contributed by atoms with van der Waals surface area (Å²) in [6.45, 7) is 0. The standard InChI is InChI=1S/C13H17NO3/c15-11-6-4-9(5-7-11)12-3-1-2-10(14-12)8-13(16)17/h4-7,10,12,14-15H,1-3,8H2,(H,16,17). The van der Waals surface area contributed by atoms with E-state index in [-0.39, 0.29) is 24.3 Å². The first-order valence-corrected chi connectivity index (χ1v) is 5.92. The largest absolute Gasteiger partial charge is 0.508 e. The molecule has 4 heteroatoms. The summed E-state index contributed by atoms with van der Waals surface area (Å²) in [4.78, 5) is 10.7. The fraction of sp³-hybridized carbons (Fsp3) is 0.462. The Morgan fingerprint density at radius 3 is 2.65 bits per heavy atom. The lowest BCUT2D eigenvalue weighted by Gasteiger charge is -2.30. The lowest BCUT2D eigenvalue weighted by atomic mass is 9.92. The second-order valence-electron chi connectivity index (χ2n) is 4.54. The van der Waals surface area contributed by atoms with Gasteiger partial charge in [0.25, 0.3) is 0 Å². The highest BCUT2D eigenvalue weighted by Gasteiger charge is 2.23. The van der Waals surface area contributed by atoms with Gasteiger partial charge in [0.05, 0.1) is 6.42 Å². The molecular formula is C13H17NO3. The van der Waals surface area contributed by atoms with Crippen molar-refractivity contribution in [2.75, 3.05) is 0 Å². The molecule has 1 saturated heterocycles. The number of carboxylic acids is 1. The minimum atomic E-state index is -0.756. The van der Waals surface area contributed by atoms with Gasteiger partial charge in [-0.05, 0) is 37.0 Å². The Labute approximate surface area is 100 Å². The van der Waals surface area contributed by atoms with Crippen molar-refractivity contribution in [3.8, 4) is 5.75 Å². The van der Waals surface area contributed by atoms with Crippen LogP contribution in [0.2, 0.25) is 0 Å². The third kappa shape index (κ3) is 3.20. The first-order valence-electron chi connectivity index (χ1n) is 5.92. The van der Waals surface area contributed by atoms with Crippen LogP contribution in [0.4, 0.5) is 0 Å². The first-order chi connectivity index (χ1) is 8.15. The van der Waals surface area contributed by atoms with E-state index in [1.807, 2.05) is 12.1 Å². The molecule has 17 heavy (non-hydrogen) atoms. The van der Waals surface area contributed by atoms with Crippen LogP contribution in [0.5, 0.6) is 5.75 Å². The molecule has 0 aromatic heterocycles. The quantitative estimate of drug-likeness (QED) is 0.750. The van der Waals surface area contributed by atoms with E-state index in [0.717, 1.165) is 24.8 Å². The van der Waals surface area contributed by atoms with Gasteiger partial charge in [-0.3, -0.25) is 4.79 Å². The van der Waals surface area contributed by atoms with E-state index in [1.165, 1.54) is 0 Å². The van der Waals surface area contributed by atoms with Crippen LogP contribution in [0.1, 0.15) is 37.3 Å². The molecule has 1 aliphatic rings. The van der Waals surface area contributed by atoms with Crippen LogP contribution in [0, 0.1) is 0 Å². The maximum Gasteiger partial charge on any atom is 0.304 e. The van der Waals surface area contributed by atoms with Gasteiger partial charge in [-0.15, -0.1) is 0 Å². The predicted octanol–water partition coefficient (Wildman–Crippen LogP) is 2.05. The third-order valence-corrected chi connectivity index (χ3v) is 3.20. The Morgan fingerprint density at radius 2 is 2.00 bits per heavy atom. The molecule has 0 amide bonds. The molecule has 1 heterocycles. The van der Waals surface area contributed by atoms with Crippen LogP contribution in [0.15, 0.2) is 24.3 Å². The van der Waals surface area contributed by atoms with E-state index in [4.69, 9.17) is 5.11 Å². The van der Waals surface area contributed by atoms with E-state index in [9.17, 15) is 9.90 Å². The van der Waals surface area contributed by atoms with E-state index in [1.54, 1.807) is 12.1 Å². The molecule has 0 bridgehead atoms. The molecule has 1 aromatic rings. The van der Waals surface area contributed by atoms with E-state index in [0.29, 0.717) is 0 Å². The van der Waals surface area contributed by atoms with Crippen LogP contribution < -0.4 is 5.32 Å². The number of phenols is 1. The number of hydrogen-bond donors (Lipinski definition) is 3. The second-order valence-corrected chi connectivity index (χ2v) is 4.54. The van der Waals surface area contributed by atoms with Gasteiger partial charge in [0.15, 0.2) is 0 Å². The predicted molar refractivity (Wildman–Crippen MR) is 63.9 cm³/mol. The molecule has 3 N–H and O–H groups in total. The molecule has 2 rings (SSSR count). The fourth-order valence-corrected chi connectivity index (χ4v) is 2.36. The highest BCUT2D eigenvalue weighted by molar-refractivity contribution is 5.67. The molecule has 1 aliphatic heterocycles. The van der Waals surface area contributed by atoms with Gasteiger partial charge in [-0.1, -0.05) is 12.1 Å². The molecule has 92 valence electrons. The molecule has 0 radical (unpaired) electrons. The van der Waals surface area contributed by atoms with Gasteiger partial charge in [0.2, 0.25) is 0 Å². The number of aromatic hydroxyl groups is 1. The zero-order valence-corrected chi connectivity index (χ0v) is 9.60. The maximum atomic E-state index is 10.7. The van der Waals surface area contributed by atoms with Crippen molar-refractivity contribution in [1.82, 2.24) is 5.32 Å². The highest BCUT2D eigenvalue weighted by atomic mass is 16.4. The fourth-order valence-electron chi connectivity index (χ4n) is 2.36. The number of phenolic OH excluding ortho intramolecular Hbond substituents is 1. The summed E-state index contributed by atoms with van der Waals surface area (Å²) in [6.07, 6.45) is 3.15. The molecule has 2 atom stereocenters. The highest BCUT2D eigenvalue weighted by Crippen LogP contribution is 2.27. The van der Waals surface area contributed by atoms with Crippen molar-refractivity contribution in [1.29, 1.82) is 0 Å². The van der Waals surface area contributed by atoms with Crippen molar-refractivity contribution < 1.29 is 15.0 Å². The van der Waals surface area contributed by atoms with Gasteiger partial charge in [-0.2, -0.15) is 0 Å². The van der Waals surface area contributed by atoms with Crippen LogP contribution >= 0.6 is 0 Å². The van der Waals surface area contributed by atoms with E-state index < -0.39 is 5.97 Å². The summed E-state index contributed by atoms with van der Waals surface area (Å²) < 4.78 is 0. The minimum absolute atomic E-state index is 0.0556. The summed E-state index contributed by atoms with van der Waals surface area (Å²) in [6, 6.07) is 7.36. The zero-order chi connectivity index (χ0) is 12.3. The molecular weight excluding hydrogens is 218 g/mol. The third-order valence-electron chi connectivity index (χ3n) is 3.20. The molecule has 0 saturated carbocycles. The van der Waals surface area contributed by atoms with Crippen molar-refractivity contribution >= 4 is 5.97 Å². The lowest BCUT2D eigenvalue weighted by Crippen LogP contribution is -2.38. The molecule has 0 spiro atoms. The van der Waals surface area contributed by atoms with Crippen molar-refractivity contribution in [2.24, 2.45) is 0 Å². The van der Waals surface area contributed by atoms with Crippen LogP contribution in [0.25, 0.3) is 0 Å². The topological polar surface area (TPSA) is 69.6 Å². The summed E-state index contributed by atoms with van der Waals surface area (Å²) >= 11 is 0. The molecule has 2 unspecified atom stereocenters. The number of rotatable bonds is 3. The minimum Gasteiger partial charge on any atom is -0.508 e. The number of aliphatic carboxylic acids is 1. The Morgan fingerprint density at radius 1 is 1.29 bits per heavy atom. The molecule has 1 aromatic carbocycles. The van der Waals surface area contributed by atoms with Crippen molar-refractivity contribution in [3.63, 3.8) is 0 Å². The Balaban J connectivity index is 2.01. The Hall–Kier alpha value is -1.55. The van der Waals surface area contributed by atoms with Crippen molar-refractivity contribution in [3.05, 3.63) is 29.8 Å². The second kappa shape index (κ2) is 5.19. The molecule has 1 fully saturated rings. The number of piperidine rings is 1.